The topological polar surface area (TPSA) is 84.0 Å². The molecule has 0 spiro atoms. The van der Waals surface area contributed by atoms with Crippen LogP contribution < -0.4 is 10.0 Å². The number of likely N-dealkylation sites (N-methyl/N-ethyl adjacent to an activating group) is 1. The van der Waals surface area contributed by atoms with Crippen LogP contribution in [-0.4, -0.2) is 75.7 Å². The molecule has 0 saturated carbocycles. The number of halogens is 7. The SMILES string of the molecule is CCCC(C(=O)N1CCC2(S(=O)(=O)c3ccc(P)cc3)c3ccc(C(F)(C(F)(F)F)C(F)(F)F)cc3OCC2C1)N(C)C=O. The molecule has 1 saturated heterocycles. The first-order chi connectivity index (χ1) is 20.4. The lowest BCUT2D eigenvalue weighted by atomic mass is 9.76. The number of amides is 2. The maximum absolute atomic E-state index is 14.9. The molecule has 0 radical (unpaired) electrons. The highest BCUT2D eigenvalue weighted by atomic mass is 32.2. The first-order valence-corrected chi connectivity index (χ1v) is 15.6. The van der Waals surface area contributed by atoms with Crippen molar-refractivity contribution in [2.24, 2.45) is 5.92 Å². The molecule has 7 nitrogen and oxygen atoms in total. The third kappa shape index (κ3) is 5.33. The van der Waals surface area contributed by atoms with Gasteiger partial charge in [-0.1, -0.05) is 37.6 Å². The lowest BCUT2D eigenvalue weighted by Crippen LogP contribution is -2.60. The zero-order valence-electron chi connectivity index (χ0n) is 23.6. The fourth-order valence-corrected chi connectivity index (χ4v) is 8.56. The molecule has 1 fully saturated rings. The van der Waals surface area contributed by atoms with Crippen molar-refractivity contribution < 1.29 is 53.5 Å². The number of sulfone groups is 1. The predicted molar refractivity (Wildman–Crippen MR) is 149 cm³/mol. The lowest BCUT2D eigenvalue weighted by molar-refractivity contribution is -0.348. The third-order valence-corrected chi connectivity index (χ3v) is 11.4. The van der Waals surface area contributed by atoms with Crippen LogP contribution in [0.3, 0.4) is 0 Å². The molecule has 2 aliphatic rings. The van der Waals surface area contributed by atoms with E-state index in [2.05, 4.69) is 9.24 Å². The van der Waals surface area contributed by atoms with E-state index in [9.17, 15) is 48.7 Å². The Bertz CT molecular complexity index is 1500. The summed E-state index contributed by atoms with van der Waals surface area (Å²) in [5.74, 6) is -2.10. The van der Waals surface area contributed by atoms with E-state index in [1.165, 1.54) is 41.1 Å². The second kappa shape index (κ2) is 11.8. The molecule has 2 aromatic carbocycles. The van der Waals surface area contributed by atoms with Gasteiger partial charge < -0.3 is 14.5 Å². The summed E-state index contributed by atoms with van der Waals surface area (Å²) in [6, 6.07) is 6.08. The van der Waals surface area contributed by atoms with E-state index in [4.69, 9.17) is 4.74 Å². The van der Waals surface area contributed by atoms with Gasteiger partial charge in [-0.2, -0.15) is 26.3 Å². The number of ether oxygens (including phenoxy) is 1. The van der Waals surface area contributed by atoms with Gasteiger partial charge in [0, 0.05) is 37.2 Å². The normalized spacial score (nSPS) is 21.5. The minimum Gasteiger partial charge on any atom is -0.493 e. The molecule has 0 N–H and O–H groups in total. The Balaban J connectivity index is 1.88. The van der Waals surface area contributed by atoms with Crippen molar-refractivity contribution in [1.29, 1.82) is 0 Å². The molecule has 4 atom stereocenters. The largest absolute Gasteiger partial charge is 0.493 e. The van der Waals surface area contributed by atoms with Crippen LogP contribution in [0.4, 0.5) is 30.7 Å². The van der Waals surface area contributed by atoms with Gasteiger partial charge in [0.05, 0.1) is 11.5 Å². The van der Waals surface area contributed by atoms with Crippen molar-refractivity contribution in [3.63, 3.8) is 0 Å². The van der Waals surface area contributed by atoms with Gasteiger partial charge in [-0.3, -0.25) is 9.59 Å². The average molecular weight is 671 g/mol. The molecular formula is C28H30F7N2O5PS. The fraction of sp³-hybridized carbons (Fsp3) is 0.500. The number of carbonyl (C=O) groups is 2. The van der Waals surface area contributed by atoms with Crippen LogP contribution in [-0.2, 0) is 29.8 Å². The molecule has 2 heterocycles. The highest BCUT2D eigenvalue weighted by molar-refractivity contribution is 7.92. The van der Waals surface area contributed by atoms with Crippen LogP contribution >= 0.6 is 9.24 Å². The summed E-state index contributed by atoms with van der Waals surface area (Å²) in [4.78, 5) is 27.4. The Hall–Kier alpha value is -2.93. The number of hydrogen-bond donors (Lipinski definition) is 0. The number of piperidine rings is 1. The van der Waals surface area contributed by atoms with Gasteiger partial charge >= 0.3 is 18.0 Å². The number of likely N-dealkylation sites (tertiary alicyclic amines) is 1. The van der Waals surface area contributed by atoms with Gasteiger partial charge in [-0.25, -0.2) is 12.8 Å². The van der Waals surface area contributed by atoms with Crippen molar-refractivity contribution >= 4 is 36.7 Å². The maximum Gasteiger partial charge on any atom is 0.435 e. The number of hydrogen-bond acceptors (Lipinski definition) is 5. The van der Waals surface area contributed by atoms with Gasteiger partial charge in [0.1, 0.15) is 16.5 Å². The first kappa shape index (κ1) is 34.0. The van der Waals surface area contributed by atoms with Gasteiger partial charge in [-0.15, -0.1) is 9.24 Å². The Morgan fingerprint density at radius 1 is 1.11 bits per heavy atom. The van der Waals surface area contributed by atoms with Crippen molar-refractivity contribution in [2.75, 3.05) is 26.7 Å². The number of nitrogens with zero attached hydrogens (tertiary/aromatic N) is 2. The Morgan fingerprint density at radius 3 is 2.27 bits per heavy atom. The standard InChI is InChI=1S/C28H30F7N2O5PS/c1-3-4-22(36(2)16-38)24(39)37-12-11-25(44(40,41)20-8-6-19(43)7-9-20)18(14-37)15-42-23-13-17(5-10-21(23)25)26(29,27(30,31)32)28(33,34)35/h5-10,13,16,18,22H,3-4,11-12,14-15,43H2,1-2H3. The number of fused-ring (bicyclic) bond motifs is 3. The molecule has 4 unspecified atom stereocenters. The van der Waals surface area contributed by atoms with E-state index in [-0.39, 0.29) is 42.1 Å². The van der Waals surface area contributed by atoms with Gasteiger partial charge in [-0.05, 0) is 36.3 Å². The second-order valence-electron chi connectivity index (χ2n) is 10.9. The first-order valence-electron chi connectivity index (χ1n) is 13.5. The summed E-state index contributed by atoms with van der Waals surface area (Å²) in [6.45, 7) is 0.936. The number of alkyl halides is 7. The molecule has 2 amide bonds. The number of rotatable bonds is 8. The molecule has 2 aliphatic heterocycles. The van der Waals surface area contributed by atoms with Crippen LogP contribution in [0.5, 0.6) is 5.75 Å². The van der Waals surface area contributed by atoms with Crippen molar-refractivity contribution in [3.05, 3.63) is 53.6 Å². The van der Waals surface area contributed by atoms with Gasteiger partial charge in [0.2, 0.25) is 12.3 Å². The Kier molecular flexibility index (Phi) is 9.09. The van der Waals surface area contributed by atoms with Crippen LogP contribution in [0.25, 0.3) is 0 Å². The molecule has 44 heavy (non-hydrogen) atoms. The van der Waals surface area contributed by atoms with Crippen molar-refractivity contribution in [2.45, 2.75) is 59.9 Å². The summed E-state index contributed by atoms with van der Waals surface area (Å²) >= 11 is 0. The van der Waals surface area contributed by atoms with E-state index in [0.29, 0.717) is 24.6 Å². The summed E-state index contributed by atoms with van der Waals surface area (Å²) in [5.41, 5.74) is -7.78. The second-order valence-corrected chi connectivity index (χ2v) is 13.8. The Morgan fingerprint density at radius 2 is 1.73 bits per heavy atom. The van der Waals surface area contributed by atoms with Crippen molar-refractivity contribution in [3.8, 4) is 5.75 Å². The number of carbonyl (C=O) groups excluding carboxylic acids is 2. The summed E-state index contributed by atoms with van der Waals surface area (Å²) in [6.07, 6.45) is -11.7. The third-order valence-electron chi connectivity index (χ3n) is 8.40. The van der Waals surface area contributed by atoms with E-state index in [1.807, 2.05) is 6.92 Å². The van der Waals surface area contributed by atoms with Crippen LogP contribution in [0.2, 0.25) is 0 Å². The smallest absolute Gasteiger partial charge is 0.435 e. The highest BCUT2D eigenvalue weighted by Crippen LogP contribution is 2.57. The average Bonchev–Trinajstić information content (AvgIpc) is 2.96. The van der Waals surface area contributed by atoms with Crippen LogP contribution in [0.1, 0.15) is 37.3 Å². The van der Waals surface area contributed by atoms with Crippen molar-refractivity contribution in [1.82, 2.24) is 9.80 Å². The summed E-state index contributed by atoms with van der Waals surface area (Å²) < 4.78 is 129. The minimum absolute atomic E-state index is 0.164. The van der Waals surface area contributed by atoms with E-state index < -0.39 is 68.4 Å². The monoisotopic (exact) mass is 670 g/mol. The van der Waals surface area contributed by atoms with E-state index in [1.54, 1.807) is 0 Å². The highest BCUT2D eigenvalue weighted by Gasteiger charge is 2.74. The number of benzene rings is 2. The minimum atomic E-state index is -6.38. The zero-order valence-corrected chi connectivity index (χ0v) is 25.6. The summed E-state index contributed by atoms with van der Waals surface area (Å²) in [7, 11) is -0.629. The molecule has 0 bridgehead atoms. The zero-order chi connectivity index (χ0) is 32.9. The fourth-order valence-electron chi connectivity index (χ4n) is 6.05. The molecule has 0 aromatic heterocycles. The van der Waals surface area contributed by atoms with E-state index in [0.717, 1.165) is 6.07 Å². The predicted octanol–water partition coefficient (Wildman–Crippen LogP) is 4.64. The molecule has 4 rings (SSSR count). The van der Waals surface area contributed by atoms with Gasteiger partial charge in [0.25, 0.3) is 0 Å². The van der Waals surface area contributed by atoms with Gasteiger partial charge in [0.15, 0.2) is 9.84 Å². The van der Waals surface area contributed by atoms with Crippen LogP contribution in [0, 0.1) is 5.92 Å². The van der Waals surface area contributed by atoms with Crippen LogP contribution in [0.15, 0.2) is 47.4 Å². The maximum atomic E-state index is 14.9. The Labute approximate surface area is 251 Å². The lowest BCUT2D eigenvalue weighted by Gasteiger charge is -2.50. The molecular weight excluding hydrogens is 640 g/mol. The molecule has 0 aliphatic carbocycles. The quantitative estimate of drug-likeness (QED) is 0.232. The van der Waals surface area contributed by atoms with E-state index >= 15 is 0 Å². The molecule has 16 heteroatoms. The molecule has 2 aromatic rings. The summed E-state index contributed by atoms with van der Waals surface area (Å²) in [5, 5.41) is 0.648. The molecule has 242 valence electrons.